The Balaban J connectivity index is 1.69. The molecule has 3 aromatic rings. The number of benzene rings is 1. The fraction of sp³-hybridized carbons (Fsp3) is 0.424. The van der Waals surface area contributed by atoms with Gasteiger partial charge < -0.3 is 31.1 Å². The van der Waals surface area contributed by atoms with E-state index in [1.807, 2.05) is 30.3 Å². The normalized spacial score (nSPS) is 22.1. The van der Waals surface area contributed by atoms with Crippen LogP contribution in [0.4, 0.5) is 0 Å². The van der Waals surface area contributed by atoms with Gasteiger partial charge in [0.15, 0.2) is 0 Å². The third kappa shape index (κ3) is 9.86. The number of thiazole rings is 1. The van der Waals surface area contributed by atoms with Crippen LogP contribution < -0.4 is 21.3 Å². The molecule has 0 spiro atoms. The van der Waals surface area contributed by atoms with Gasteiger partial charge >= 0.3 is 0 Å². The lowest BCUT2D eigenvalue weighted by atomic mass is 10.0. The molecule has 2 bridgehead atoms. The van der Waals surface area contributed by atoms with Gasteiger partial charge in [0, 0.05) is 25.5 Å². The lowest BCUT2D eigenvalue weighted by Gasteiger charge is -2.29. The van der Waals surface area contributed by atoms with Crippen molar-refractivity contribution in [2.24, 2.45) is 5.92 Å². The highest BCUT2D eigenvalue weighted by Crippen LogP contribution is 2.25. The summed E-state index contributed by atoms with van der Waals surface area (Å²) in [4.78, 5) is 87.5. The van der Waals surface area contributed by atoms with Gasteiger partial charge in [0.05, 0.1) is 17.6 Å². The summed E-state index contributed by atoms with van der Waals surface area (Å²) in [7, 11) is 1.53. The maximum Gasteiger partial charge on any atom is 0.271 e. The molecule has 4 rings (SSSR count). The zero-order valence-electron chi connectivity index (χ0n) is 27.8. The van der Waals surface area contributed by atoms with Gasteiger partial charge in [0.25, 0.3) is 11.8 Å². The molecule has 49 heavy (non-hydrogen) atoms. The van der Waals surface area contributed by atoms with Gasteiger partial charge in [0.1, 0.15) is 33.7 Å². The second kappa shape index (κ2) is 16.9. The van der Waals surface area contributed by atoms with Crippen LogP contribution in [0.3, 0.4) is 0 Å². The Hall–Kier alpha value is -4.34. The van der Waals surface area contributed by atoms with E-state index in [1.54, 1.807) is 30.7 Å². The van der Waals surface area contributed by atoms with Crippen LogP contribution in [0.1, 0.15) is 64.5 Å². The number of fused-ring (bicyclic) bond motifs is 2. The predicted molar refractivity (Wildman–Crippen MR) is 187 cm³/mol. The van der Waals surface area contributed by atoms with E-state index >= 15 is 0 Å². The minimum Gasteiger partial charge on any atom is -0.345 e. The van der Waals surface area contributed by atoms with Crippen molar-refractivity contribution < 1.29 is 28.8 Å². The maximum atomic E-state index is 13.6. The predicted octanol–water partition coefficient (Wildman–Crippen LogP) is 2.64. The molecule has 1 aromatic carbocycles. The Morgan fingerprint density at radius 2 is 1.65 bits per heavy atom. The Morgan fingerprint density at radius 1 is 0.939 bits per heavy atom. The van der Waals surface area contributed by atoms with Gasteiger partial charge in [-0.3, -0.25) is 28.8 Å². The zero-order chi connectivity index (χ0) is 35.8. The van der Waals surface area contributed by atoms with Crippen molar-refractivity contribution in [2.75, 3.05) is 26.7 Å². The summed E-state index contributed by atoms with van der Waals surface area (Å²) < 4.78 is 0. The zero-order valence-corrected chi connectivity index (χ0v) is 30.2. The highest BCUT2D eigenvalue weighted by atomic mass is 35.5. The van der Waals surface area contributed by atoms with Crippen LogP contribution in [-0.4, -0.2) is 95.0 Å². The number of hydrogen-bond acceptors (Lipinski definition) is 9. The van der Waals surface area contributed by atoms with E-state index in [1.165, 1.54) is 42.0 Å². The lowest BCUT2D eigenvalue weighted by Crippen LogP contribution is -2.57. The molecule has 0 aliphatic carbocycles. The van der Waals surface area contributed by atoms with Crippen LogP contribution in [-0.2, 0) is 25.6 Å². The number of amides is 6. The molecule has 0 saturated carbocycles. The molecule has 4 atom stereocenters. The second-order valence-corrected chi connectivity index (χ2v) is 14.3. The molecule has 1 aliphatic rings. The van der Waals surface area contributed by atoms with Crippen molar-refractivity contribution in [3.05, 3.63) is 73.3 Å². The highest BCUT2D eigenvalue weighted by molar-refractivity contribution is 7.12. The Bertz CT molecular complexity index is 1680. The van der Waals surface area contributed by atoms with Crippen LogP contribution in [0, 0.1) is 5.92 Å². The number of carbonyl (C=O) groups is 6. The standard InChI is InChI=1S/C33H40ClN7O6S2/c1-18(2)26-30(45)36-20(4)32(46)40(5)12-13-41(33(47)27-22(34)11-14-48-27)16-25(42)37-23(15-21-9-7-6-8-10-21)31-38-24(17-49-31)29(44)35-19(3)28(43)39-26/h6-11,14,17-20,23,26H,12-13,15-16H2,1-5H3,(H,35,44)(H,36,45)(H,37,42)(H,39,43)/t19-,20+,23-,26-/m0/s1. The molecule has 0 unspecified atom stereocenters. The van der Waals surface area contributed by atoms with E-state index in [9.17, 15) is 28.8 Å². The quantitative estimate of drug-likeness (QED) is 0.320. The maximum absolute atomic E-state index is 13.6. The Labute approximate surface area is 297 Å². The van der Waals surface area contributed by atoms with Crippen LogP contribution in [0.5, 0.6) is 0 Å². The number of nitrogens with zero attached hydrogens (tertiary/aromatic N) is 3. The van der Waals surface area contributed by atoms with Gasteiger partial charge in [-0.1, -0.05) is 55.8 Å². The van der Waals surface area contributed by atoms with Gasteiger partial charge in [0.2, 0.25) is 23.6 Å². The minimum atomic E-state index is -1.02. The first kappa shape index (κ1) is 37.5. The summed E-state index contributed by atoms with van der Waals surface area (Å²) in [5.74, 6) is -3.53. The minimum absolute atomic E-state index is 0.0170. The number of hydrogen-bond donors (Lipinski definition) is 4. The lowest BCUT2D eigenvalue weighted by molar-refractivity contribution is -0.136. The van der Waals surface area contributed by atoms with Crippen LogP contribution in [0.25, 0.3) is 0 Å². The summed E-state index contributed by atoms with van der Waals surface area (Å²) >= 11 is 8.60. The van der Waals surface area contributed by atoms with E-state index in [0.29, 0.717) is 11.4 Å². The fourth-order valence-electron chi connectivity index (χ4n) is 5.08. The third-order valence-corrected chi connectivity index (χ3v) is 10.2. The molecule has 262 valence electrons. The number of thiophene rings is 1. The topological polar surface area (TPSA) is 170 Å². The molecule has 6 amide bonds. The van der Waals surface area contributed by atoms with Crippen LogP contribution in [0.2, 0.25) is 5.02 Å². The molecule has 16 heteroatoms. The molecule has 13 nitrogen and oxygen atoms in total. The van der Waals surface area contributed by atoms with Crippen molar-refractivity contribution in [1.29, 1.82) is 0 Å². The van der Waals surface area contributed by atoms with Gasteiger partial charge in [-0.2, -0.15) is 0 Å². The number of carbonyl (C=O) groups excluding carboxylic acids is 6. The molecule has 0 fully saturated rings. The molecular weight excluding hydrogens is 690 g/mol. The largest absolute Gasteiger partial charge is 0.345 e. The SMILES string of the molecule is CC(C)[C@@H]1NC(=O)[C@H](C)NC(=O)c2csc(n2)[C@H](Cc2ccccc2)NC(=O)CN(C(=O)c2sccc2Cl)CCN(C)C(=O)[C@@H](C)NC1=O. The first-order valence-corrected chi connectivity index (χ1v) is 17.9. The summed E-state index contributed by atoms with van der Waals surface area (Å²) in [5.41, 5.74) is 0.954. The van der Waals surface area contributed by atoms with E-state index < -0.39 is 59.6 Å². The molecule has 1 aliphatic heterocycles. The number of rotatable bonds is 4. The van der Waals surface area contributed by atoms with E-state index in [0.717, 1.165) is 16.9 Å². The van der Waals surface area contributed by atoms with Crippen molar-refractivity contribution >= 4 is 69.7 Å². The van der Waals surface area contributed by atoms with Crippen LogP contribution >= 0.6 is 34.3 Å². The van der Waals surface area contributed by atoms with Gasteiger partial charge in [-0.25, -0.2) is 4.98 Å². The highest BCUT2D eigenvalue weighted by Gasteiger charge is 2.31. The van der Waals surface area contributed by atoms with Crippen molar-refractivity contribution in [2.45, 2.75) is 58.3 Å². The first-order valence-electron chi connectivity index (χ1n) is 15.7. The van der Waals surface area contributed by atoms with E-state index in [-0.39, 0.29) is 41.1 Å². The smallest absolute Gasteiger partial charge is 0.271 e. The summed E-state index contributed by atoms with van der Waals surface area (Å²) in [6.45, 7) is 6.17. The number of likely N-dealkylation sites (N-methyl/N-ethyl adjacent to an activating group) is 1. The number of nitrogens with one attached hydrogen (secondary N) is 4. The summed E-state index contributed by atoms with van der Waals surface area (Å²) in [5, 5.41) is 14.8. The molecular formula is C33H40ClN7O6S2. The van der Waals surface area contributed by atoms with Crippen molar-refractivity contribution in [1.82, 2.24) is 36.1 Å². The fourth-order valence-corrected chi connectivity index (χ4v) is 7.04. The van der Waals surface area contributed by atoms with E-state index in [2.05, 4.69) is 26.3 Å². The third-order valence-electron chi connectivity index (χ3n) is 7.90. The van der Waals surface area contributed by atoms with E-state index in [4.69, 9.17) is 11.6 Å². The summed E-state index contributed by atoms with van der Waals surface area (Å²) in [6, 6.07) is 7.36. The number of aromatic nitrogens is 1. The number of halogens is 1. The second-order valence-electron chi connectivity index (χ2n) is 12.1. The monoisotopic (exact) mass is 729 g/mol. The van der Waals surface area contributed by atoms with Crippen molar-refractivity contribution in [3.63, 3.8) is 0 Å². The molecule has 0 saturated heterocycles. The molecule has 2 aromatic heterocycles. The van der Waals surface area contributed by atoms with Gasteiger partial charge in [-0.05, 0) is 43.2 Å². The Morgan fingerprint density at radius 3 is 2.31 bits per heavy atom. The average molecular weight is 730 g/mol. The van der Waals surface area contributed by atoms with Gasteiger partial charge in [-0.15, -0.1) is 22.7 Å². The first-order chi connectivity index (χ1) is 23.2. The molecule has 4 N–H and O–H groups in total. The molecule has 0 radical (unpaired) electrons. The Kier molecular flexibility index (Phi) is 12.9. The van der Waals surface area contributed by atoms with Crippen molar-refractivity contribution in [3.8, 4) is 0 Å². The van der Waals surface area contributed by atoms with Crippen LogP contribution in [0.15, 0.2) is 47.2 Å². The summed E-state index contributed by atoms with van der Waals surface area (Å²) in [6.07, 6.45) is 0.345. The molecule has 3 heterocycles. The average Bonchev–Trinajstić information content (AvgIpc) is 3.73.